The van der Waals surface area contributed by atoms with Gasteiger partial charge in [-0.25, -0.2) is 0 Å². The summed E-state index contributed by atoms with van der Waals surface area (Å²) in [5.74, 6) is 1.07. The molecule has 2 unspecified atom stereocenters. The summed E-state index contributed by atoms with van der Waals surface area (Å²) in [5, 5.41) is 3.75. The van der Waals surface area contributed by atoms with E-state index in [9.17, 15) is 0 Å². The van der Waals surface area contributed by atoms with Crippen LogP contribution in [0.1, 0.15) is 34.9 Å². The van der Waals surface area contributed by atoms with Crippen molar-refractivity contribution in [3.63, 3.8) is 0 Å². The lowest BCUT2D eigenvalue weighted by molar-refractivity contribution is 0.219. The minimum absolute atomic E-state index is 0.283. The number of fused-ring (bicyclic) bond motifs is 2. The molecule has 2 atom stereocenters. The van der Waals surface area contributed by atoms with Crippen LogP contribution in [-0.2, 0) is 12.8 Å². The van der Waals surface area contributed by atoms with Crippen molar-refractivity contribution in [2.24, 2.45) is 0 Å². The number of para-hydroxylation sites is 1. The molecule has 0 saturated carbocycles. The maximum absolute atomic E-state index is 6.03. The first-order valence-electron chi connectivity index (χ1n) is 7.55. The number of nitrogens with one attached hydrogen (secondary N) is 1. The van der Waals surface area contributed by atoms with Crippen LogP contribution in [0.15, 0.2) is 30.3 Å². The van der Waals surface area contributed by atoms with Crippen LogP contribution in [0.25, 0.3) is 0 Å². The summed E-state index contributed by atoms with van der Waals surface area (Å²) in [6.07, 6.45) is 5.12. The molecule has 1 aliphatic carbocycles. The van der Waals surface area contributed by atoms with Crippen LogP contribution in [0.2, 0.25) is 0 Å². The van der Waals surface area contributed by atoms with Gasteiger partial charge in [0.1, 0.15) is 11.9 Å². The lowest BCUT2D eigenvalue weighted by Gasteiger charge is -2.25. The predicted octanol–water partition coefficient (Wildman–Crippen LogP) is 4.32. The van der Waals surface area contributed by atoms with E-state index >= 15 is 0 Å². The number of hydrogen-bond acceptors (Lipinski definition) is 3. The second-order valence-electron chi connectivity index (χ2n) is 5.83. The Morgan fingerprint density at radius 3 is 3.14 bits per heavy atom. The summed E-state index contributed by atoms with van der Waals surface area (Å²) in [4.78, 5) is 1.58. The van der Waals surface area contributed by atoms with E-state index in [0.717, 1.165) is 18.7 Å². The van der Waals surface area contributed by atoms with Crippen molar-refractivity contribution in [1.82, 2.24) is 5.32 Å². The Balaban J connectivity index is 1.41. The van der Waals surface area contributed by atoms with Gasteiger partial charge in [0, 0.05) is 23.9 Å². The molecular weight excluding hydrogens is 393 g/mol. The van der Waals surface area contributed by atoms with Crippen molar-refractivity contribution in [1.29, 1.82) is 0 Å². The van der Waals surface area contributed by atoms with E-state index in [0.29, 0.717) is 6.04 Å². The van der Waals surface area contributed by atoms with Gasteiger partial charge in [0.2, 0.25) is 0 Å². The second-order valence-corrected chi connectivity index (χ2v) is 8.86. The zero-order chi connectivity index (χ0) is 14.2. The number of hydrogen-bond donors (Lipinski definition) is 1. The van der Waals surface area contributed by atoms with Gasteiger partial charge in [0.05, 0.1) is 2.88 Å². The summed E-state index contributed by atoms with van der Waals surface area (Å²) in [6, 6.07) is 11.3. The summed E-state index contributed by atoms with van der Waals surface area (Å²) in [6.45, 7) is 0.936. The third kappa shape index (κ3) is 2.85. The van der Waals surface area contributed by atoms with Crippen LogP contribution in [0.5, 0.6) is 5.75 Å². The first-order chi connectivity index (χ1) is 10.3. The van der Waals surface area contributed by atoms with Crippen molar-refractivity contribution in [3.05, 3.63) is 49.2 Å². The molecule has 0 bridgehead atoms. The molecular formula is C17H18INOS. The van der Waals surface area contributed by atoms with Crippen LogP contribution < -0.4 is 10.1 Å². The van der Waals surface area contributed by atoms with E-state index in [-0.39, 0.29) is 6.10 Å². The van der Waals surface area contributed by atoms with Gasteiger partial charge >= 0.3 is 0 Å². The van der Waals surface area contributed by atoms with Gasteiger partial charge < -0.3 is 10.1 Å². The zero-order valence-electron chi connectivity index (χ0n) is 11.8. The number of thiophene rings is 1. The lowest BCUT2D eigenvalue weighted by atomic mass is 9.94. The summed E-state index contributed by atoms with van der Waals surface area (Å²) in [7, 11) is 0. The van der Waals surface area contributed by atoms with Crippen molar-refractivity contribution in [3.8, 4) is 5.75 Å². The highest BCUT2D eigenvalue weighted by Crippen LogP contribution is 2.36. The highest BCUT2D eigenvalue weighted by molar-refractivity contribution is 14.1. The molecule has 110 valence electrons. The van der Waals surface area contributed by atoms with Crippen molar-refractivity contribution >= 4 is 33.9 Å². The molecule has 2 aliphatic rings. The molecule has 0 radical (unpaired) electrons. The topological polar surface area (TPSA) is 21.3 Å². The fraction of sp³-hybridized carbons (Fsp3) is 0.412. The second kappa shape index (κ2) is 5.89. The third-order valence-corrected chi connectivity index (χ3v) is 6.36. The SMILES string of the molecule is Ic1cc2c(s1)CCCC2NCC1Cc2ccccc2O1. The molecule has 0 fully saturated rings. The molecule has 21 heavy (non-hydrogen) atoms. The van der Waals surface area contributed by atoms with Crippen LogP contribution in [0.3, 0.4) is 0 Å². The van der Waals surface area contributed by atoms with Crippen molar-refractivity contribution in [2.75, 3.05) is 6.54 Å². The standard InChI is InChI=1S/C17H18INOS/c18-17-9-13-14(5-3-7-16(13)21-17)19-10-12-8-11-4-1-2-6-15(11)20-12/h1-2,4,6,9,12,14,19H,3,5,7-8,10H2. The number of halogens is 1. The van der Waals surface area contributed by atoms with Crippen molar-refractivity contribution < 1.29 is 4.74 Å². The van der Waals surface area contributed by atoms with E-state index in [1.807, 2.05) is 11.3 Å². The summed E-state index contributed by atoms with van der Waals surface area (Å²) < 4.78 is 7.44. The highest BCUT2D eigenvalue weighted by atomic mass is 127. The first kappa shape index (κ1) is 14.0. The van der Waals surface area contributed by atoms with Gasteiger partial charge in [-0.2, -0.15) is 0 Å². The number of ether oxygens (including phenoxy) is 1. The Morgan fingerprint density at radius 2 is 2.24 bits per heavy atom. The van der Waals surface area contributed by atoms with Crippen LogP contribution >= 0.6 is 33.9 Å². The van der Waals surface area contributed by atoms with Gasteiger partial charge in [-0.1, -0.05) is 18.2 Å². The Morgan fingerprint density at radius 1 is 1.33 bits per heavy atom. The minimum atomic E-state index is 0.283. The molecule has 4 heteroatoms. The molecule has 1 aliphatic heterocycles. The maximum Gasteiger partial charge on any atom is 0.123 e. The molecule has 0 saturated heterocycles. The third-order valence-electron chi connectivity index (χ3n) is 4.39. The molecule has 1 N–H and O–H groups in total. The molecule has 2 aromatic rings. The molecule has 0 spiro atoms. The van der Waals surface area contributed by atoms with E-state index in [1.54, 1.807) is 4.88 Å². The normalized spacial score (nSPS) is 23.5. The van der Waals surface area contributed by atoms with Gasteiger partial charge in [0.15, 0.2) is 0 Å². The molecule has 0 amide bonds. The summed E-state index contributed by atoms with van der Waals surface area (Å²) >= 11 is 4.40. The first-order valence-corrected chi connectivity index (χ1v) is 9.45. The maximum atomic E-state index is 6.03. The highest BCUT2D eigenvalue weighted by Gasteiger charge is 2.26. The monoisotopic (exact) mass is 411 g/mol. The predicted molar refractivity (Wildman–Crippen MR) is 95.3 cm³/mol. The lowest BCUT2D eigenvalue weighted by Crippen LogP contribution is -2.34. The van der Waals surface area contributed by atoms with E-state index in [1.165, 1.54) is 33.3 Å². The number of aryl methyl sites for hydroxylation is 1. The molecule has 4 rings (SSSR count). The average molecular weight is 411 g/mol. The van der Waals surface area contributed by atoms with Gasteiger partial charge in [0.25, 0.3) is 0 Å². The fourth-order valence-electron chi connectivity index (χ4n) is 3.37. The number of rotatable bonds is 3. The minimum Gasteiger partial charge on any atom is -0.488 e. The Kier molecular flexibility index (Phi) is 3.94. The van der Waals surface area contributed by atoms with Gasteiger partial charge in [-0.05, 0) is 65.1 Å². The van der Waals surface area contributed by atoms with E-state index in [2.05, 4.69) is 58.2 Å². The Bertz CT molecular complexity index is 629. The Labute approximate surface area is 143 Å². The zero-order valence-corrected chi connectivity index (χ0v) is 14.7. The van der Waals surface area contributed by atoms with Crippen LogP contribution in [0, 0.1) is 2.88 Å². The summed E-state index contributed by atoms with van der Waals surface area (Å²) in [5.41, 5.74) is 2.88. The number of benzene rings is 1. The molecule has 1 aromatic carbocycles. The van der Waals surface area contributed by atoms with Gasteiger partial charge in [-0.3, -0.25) is 0 Å². The average Bonchev–Trinajstić information content (AvgIpc) is 3.06. The Hall–Kier alpha value is -0.590. The smallest absolute Gasteiger partial charge is 0.123 e. The molecule has 2 nitrogen and oxygen atoms in total. The van der Waals surface area contributed by atoms with Crippen LogP contribution in [0.4, 0.5) is 0 Å². The quantitative estimate of drug-likeness (QED) is 0.760. The fourth-order valence-corrected chi connectivity index (χ4v) is 5.49. The van der Waals surface area contributed by atoms with Gasteiger partial charge in [-0.15, -0.1) is 11.3 Å². The van der Waals surface area contributed by atoms with Crippen LogP contribution in [-0.4, -0.2) is 12.6 Å². The van der Waals surface area contributed by atoms with E-state index < -0.39 is 0 Å². The molecule has 1 aromatic heterocycles. The van der Waals surface area contributed by atoms with Crippen molar-refractivity contribution in [2.45, 2.75) is 37.8 Å². The van der Waals surface area contributed by atoms with E-state index in [4.69, 9.17) is 4.74 Å². The molecule has 2 heterocycles. The largest absolute Gasteiger partial charge is 0.488 e.